The van der Waals surface area contributed by atoms with Crippen molar-refractivity contribution in [2.45, 2.75) is 0 Å². The van der Waals surface area contributed by atoms with E-state index in [9.17, 15) is 4.39 Å². The summed E-state index contributed by atoms with van der Waals surface area (Å²) >= 11 is 0. The van der Waals surface area contributed by atoms with Crippen LogP contribution in [0, 0.1) is 5.82 Å². The van der Waals surface area contributed by atoms with Gasteiger partial charge in [-0.25, -0.2) is 4.39 Å². The van der Waals surface area contributed by atoms with Crippen LogP contribution in [0.15, 0.2) is 48.8 Å². The summed E-state index contributed by atoms with van der Waals surface area (Å²) in [5.41, 5.74) is 9.14. The van der Waals surface area contributed by atoms with E-state index >= 15 is 0 Å². The van der Waals surface area contributed by atoms with Gasteiger partial charge in [0, 0.05) is 18.0 Å². The van der Waals surface area contributed by atoms with Crippen molar-refractivity contribution in [2.24, 2.45) is 0 Å². The first-order chi connectivity index (χ1) is 9.25. The molecule has 0 aliphatic rings. The SMILES string of the molecule is Nc1[nH]nc(-c2ccncc2)c1-c1ccc(F)cc1. The van der Waals surface area contributed by atoms with Crippen molar-refractivity contribution in [1.82, 2.24) is 15.2 Å². The molecule has 0 radical (unpaired) electrons. The van der Waals surface area contributed by atoms with Crippen LogP contribution in [0.1, 0.15) is 0 Å². The number of hydrogen-bond acceptors (Lipinski definition) is 3. The van der Waals surface area contributed by atoms with Crippen molar-refractivity contribution in [1.29, 1.82) is 0 Å². The Labute approximate surface area is 109 Å². The van der Waals surface area contributed by atoms with E-state index in [0.717, 1.165) is 22.4 Å². The van der Waals surface area contributed by atoms with Gasteiger partial charge < -0.3 is 5.73 Å². The number of nitrogens with zero attached hydrogens (tertiary/aromatic N) is 2. The second-order valence-corrected chi connectivity index (χ2v) is 4.10. The van der Waals surface area contributed by atoms with Crippen molar-refractivity contribution in [3.05, 3.63) is 54.6 Å². The molecule has 0 bridgehead atoms. The first-order valence-electron chi connectivity index (χ1n) is 5.76. The number of benzene rings is 1. The van der Waals surface area contributed by atoms with Gasteiger partial charge in [0.25, 0.3) is 0 Å². The minimum atomic E-state index is -0.281. The van der Waals surface area contributed by atoms with Crippen LogP contribution >= 0.6 is 0 Å². The lowest BCUT2D eigenvalue weighted by atomic mass is 10.0. The molecule has 3 aromatic rings. The zero-order valence-corrected chi connectivity index (χ0v) is 9.97. The van der Waals surface area contributed by atoms with Gasteiger partial charge in [-0.3, -0.25) is 10.1 Å². The smallest absolute Gasteiger partial charge is 0.127 e. The number of halogens is 1. The van der Waals surface area contributed by atoms with Crippen LogP contribution < -0.4 is 5.73 Å². The number of rotatable bonds is 2. The molecule has 0 amide bonds. The molecule has 0 aliphatic carbocycles. The number of nitrogens with two attached hydrogens (primary N) is 1. The normalized spacial score (nSPS) is 10.6. The summed E-state index contributed by atoms with van der Waals surface area (Å²) in [6.45, 7) is 0. The van der Waals surface area contributed by atoms with Crippen molar-refractivity contribution >= 4 is 5.82 Å². The van der Waals surface area contributed by atoms with E-state index in [-0.39, 0.29) is 5.82 Å². The van der Waals surface area contributed by atoms with Gasteiger partial charge in [-0.1, -0.05) is 12.1 Å². The zero-order chi connectivity index (χ0) is 13.2. The number of anilines is 1. The van der Waals surface area contributed by atoms with E-state index in [1.807, 2.05) is 12.1 Å². The summed E-state index contributed by atoms with van der Waals surface area (Å²) in [5.74, 6) is 0.176. The van der Waals surface area contributed by atoms with Crippen molar-refractivity contribution in [3.8, 4) is 22.4 Å². The van der Waals surface area contributed by atoms with Crippen LogP contribution in [-0.4, -0.2) is 15.2 Å². The molecule has 1 aromatic carbocycles. The van der Waals surface area contributed by atoms with Gasteiger partial charge in [0.05, 0.1) is 5.56 Å². The van der Waals surface area contributed by atoms with Crippen LogP contribution in [-0.2, 0) is 0 Å². The lowest BCUT2D eigenvalue weighted by Gasteiger charge is -2.04. The maximum atomic E-state index is 13.0. The molecule has 3 N–H and O–H groups in total. The summed E-state index contributed by atoms with van der Waals surface area (Å²) in [4.78, 5) is 3.97. The van der Waals surface area contributed by atoms with Crippen molar-refractivity contribution < 1.29 is 4.39 Å². The fraction of sp³-hybridized carbons (Fsp3) is 0. The van der Waals surface area contributed by atoms with E-state index in [0.29, 0.717) is 5.82 Å². The Morgan fingerprint density at radius 2 is 1.63 bits per heavy atom. The molecule has 0 atom stereocenters. The molecule has 0 saturated heterocycles. The van der Waals surface area contributed by atoms with Crippen LogP contribution in [0.3, 0.4) is 0 Å². The summed E-state index contributed by atoms with van der Waals surface area (Å²) < 4.78 is 13.0. The number of pyridine rings is 1. The Bertz CT molecular complexity index is 689. The third-order valence-corrected chi connectivity index (χ3v) is 2.88. The van der Waals surface area contributed by atoms with Gasteiger partial charge in [-0.15, -0.1) is 0 Å². The Morgan fingerprint density at radius 1 is 0.947 bits per heavy atom. The number of H-pyrrole nitrogens is 1. The predicted molar refractivity (Wildman–Crippen MR) is 71.6 cm³/mol. The highest BCUT2D eigenvalue weighted by molar-refractivity contribution is 5.87. The second kappa shape index (κ2) is 4.53. The highest BCUT2D eigenvalue weighted by Crippen LogP contribution is 2.34. The highest BCUT2D eigenvalue weighted by atomic mass is 19.1. The summed E-state index contributed by atoms with van der Waals surface area (Å²) in [6, 6.07) is 9.87. The molecule has 4 nitrogen and oxygen atoms in total. The molecule has 0 unspecified atom stereocenters. The molecule has 2 aromatic heterocycles. The highest BCUT2D eigenvalue weighted by Gasteiger charge is 2.14. The van der Waals surface area contributed by atoms with Crippen molar-refractivity contribution in [3.63, 3.8) is 0 Å². The summed E-state index contributed by atoms with van der Waals surface area (Å²) in [7, 11) is 0. The van der Waals surface area contributed by atoms with Gasteiger partial charge in [0.15, 0.2) is 0 Å². The number of nitrogens with one attached hydrogen (secondary N) is 1. The summed E-state index contributed by atoms with van der Waals surface area (Å²) in [5, 5.41) is 6.98. The Morgan fingerprint density at radius 3 is 2.32 bits per heavy atom. The molecule has 94 valence electrons. The lowest BCUT2D eigenvalue weighted by Crippen LogP contribution is -1.89. The van der Waals surface area contributed by atoms with Gasteiger partial charge in [-0.05, 0) is 29.8 Å². The summed E-state index contributed by atoms with van der Waals surface area (Å²) in [6.07, 6.45) is 3.38. The topological polar surface area (TPSA) is 67.6 Å². The van der Waals surface area contributed by atoms with Crippen LogP contribution in [0.5, 0.6) is 0 Å². The van der Waals surface area contributed by atoms with E-state index in [1.165, 1.54) is 12.1 Å². The van der Waals surface area contributed by atoms with Crippen molar-refractivity contribution in [2.75, 3.05) is 5.73 Å². The minimum absolute atomic E-state index is 0.281. The van der Waals surface area contributed by atoms with Crippen LogP contribution in [0.25, 0.3) is 22.4 Å². The van der Waals surface area contributed by atoms with E-state index in [4.69, 9.17) is 5.73 Å². The molecule has 0 saturated carbocycles. The van der Waals surface area contributed by atoms with Gasteiger partial charge >= 0.3 is 0 Å². The van der Waals surface area contributed by atoms with Gasteiger partial charge in [0.1, 0.15) is 17.3 Å². The standard InChI is InChI=1S/C14H11FN4/c15-11-3-1-9(2-4-11)12-13(18-19-14(12)16)10-5-7-17-8-6-10/h1-8H,(H3,16,18,19). The van der Waals surface area contributed by atoms with Crippen LogP contribution in [0.4, 0.5) is 10.2 Å². The monoisotopic (exact) mass is 254 g/mol. The predicted octanol–water partition coefficient (Wildman–Crippen LogP) is 2.86. The number of nitrogen functional groups attached to an aromatic ring is 1. The van der Waals surface area contributed by atoms with E-state index < -0.39 is 0 Å². The third-order valence-electron chi connectivity index (χ3n) is 2.88. The fourth-order valence-corrected chi connectivity index (χ4v) is 1.98. The molecule has 5 heteroatoms. The van der Waals surface area contributed by atoms with E-state index in [1.54, 1.807) is 24.5 Å². The zero-order valence-electron chi connectivity index (χ0n) is 9.97. The number of aromatic nitrogens is 3. The quantitative estimate of drug-likeness (QED) is 0.738. The second-order valence-electron chi connectivity index (χ2n) is 4.10. The first kappa shape index (κ1) is 11.4. The molecular formula is C14H11FN4. The Kier molecular flexibility index (Phi) is 2.72. The average Bonchev–Trinajstić information content (AvgIpc) is 2.83. The van der Waals surface area contributed by atoms with Crippen LogP contribution in [0.2, 0.25) is 0 Å². The largest absolute Gasteiger partial charge is 0.384 e. The molecule has 3 rings (SSSR count). The molecule has 0 spiro atoms. The molecule has 0 aliphatic heterocycles. The average molecular weight is 254 g/mol. The third kappa shape index (κ3) is 2.06. The lowest BCUT2D eigenvalue weighted by molar-refractivity contribution is 0.628. The molecular weight excluding hydrogens is 243 g/mol. The fourth-order valence-electron chi connectivity index (χ4n) is 1.98. The van der Waals surface area contributed by atoms with Gasteiger partial charge in [0.2, 0.25) is 0 Å². The first-order valence-corrected chi connectivity index (χ1v) is 5.76. The number of aromatic amines is 1. The minimum Gasteiger partial charge on any atom is -0.384 e. The maximum absolute atomic E-state index is 13.0. The molecule has 0 fully saturated rings. The van der Waals surface area contributed by atoms with E-state index in [2.05, 4.69) is 15.2 Å². The van der Waals surface area contributed by atoms with Gasteiger partial charge in [-0.2, -0.15) is 5.10 Å². The number of hydrogen-bond donors (Lipinski definition) is 2. The molecule has 2 heterocycles. The Hall–Kier alpha value is -2.69. The molecule has 19 heavy (non-hydrogen) atoms. The Balaban J connectivity index is 2.17. The maximum Gasteiger partial charge on any atom is 0.127 e.